The molecule has 0 aromatic heterocycles. The standard InChI is InChI=1S/C22H29ClN4O2S.HI/c1-4-24-21(26-16-22(12-13-22)18-9-7-10-19(23)14-18)25-15-17-8-5-6-11-20(17)30(28,29)27(2)3;/h5-11,14H,4,12-13,15-16H2,1-3H3,(H2,24,25,26);1H. The van der Waals surface area contributed by atoms with Gasteiger partial charge in [0, 0.05) is 37.6 Å². The number of hydrogen-bond donors (Lipinski definition) is 2. The molecule has 0 atom stereocenters. The van der Waals surface area contributed by atoms with Crippen molar-refractivity contribution in [3.63, 3.8) is 0 Å². The van der Waals surface area contributed by atoms with Crippen LogP contribution in [0.15, 0.2) is 58.4 Å². The maximum atomic E-state index is 12.6. The second kappa shape index (κ2) is 11.0. The van der Waals surface area contributed by atoms with Crippen LogP contribution in [0.5, 0.6) is 0 Å². The molecule has 2 N–H and O–H groups in total. The molecule has 6 nitrogen and oxygen atoms in total. The first-order valence-electron chi connectivity index (χ1n) is 10.1. The molecule has 0 spiro atoms. The van der Waals surface area contributed by atoms with Crippen molar-refractivity contribution in [2.24, 2.45) is 4.99 Å². The van der Waals surface area contributed by atoms with Crippen LogP contribution in [0.25, 0.3) is 0 Å². The van der Waals surface area contributed by atoms with E-state index in [1.54, 1.807) is 18.2 Å². The third kappa shape index (κ3) is 6.34. The van der Waals surface area contributed by atoms with E-state index in [9.17, 15) is 8.42 Å². The minimum Gasteiger partial charge on any atom is -0.357 e. The van der Waals surface area contributed by atoms with Crippen LogP contribution in [-0.2, 0) is 22.0 Å². The van der Waals surface area contributed by atoms with Crippen LogP contribution in [0.4, 0.5) is 0 Å². The molecule has 3 rings (SSSR count). The van der Waals surface area contributed by atoms with Gasteiger partial charge in [-0.1, -0.05) is 41.9 Å². The van der Waals surface area contributed by atoms with E-state index in [2.05, 4.69) is 21.7 Å². The van der Waals surface area contributed by atoms with E-state index in [-0.39, 0.29) is 40.8 Å². The summed E-state index contributed by atoms with van der Waals surface area (Å²) < 4.78 is 26.4. The average Bonchev–Trinajstić information content (AvgIpc) is 3.51. The second-order valence-electron chi connectivity index (χ2n) is 7.73. The number of nitrogens with zero attached hydrogens (tertiary/aromatic N) is 2. The molecular formula is C22H30ClIN4O2S. The number of hydrogen-bond acceptors (Lipinski definition) is 3. The Bertz CT molecular complexity index is 1020. The number of guanidine groups is 1. The smallest absolute Gasteiger partial charge is 0.242 e. The number of rotatable bonds is 8. The molecule has 2 aromatic rings. The van der Waals surface area contributed by atoms with Crippen molar-refractivity contribution < 1.29 is 8.42 Å². The summed E-state index contributed by atoms with van der Waals surface area (Å²) in [7, 11) is -0.455. The first-order valence-corrected chi connectivity index (χ1v) is 11.9. The minimum absolute atomic E-state index is 0. The lowest BCUT2D eigenvalue weighted by atomic mass is 9.96. The maximum Gasteiger partial charge on any atom is 0.242 e. The molecule has 170 valence electrons. The Kier molecular flexibility index (Phi) is 9.17. The van der Waals surface area contributed by atoms with Crippen LogP contribution < -0.4 is 10.6 Å². The summed E-state index contributed by atoms with van der Waals surface area (Å²) in [6, 6.07) is 15.0. The summed E-state index contributed by atoms with van der Waals surface area (Å²) in [5.74, 6) is 0.669. The lowest BCUT2D eigenvalue weighted by molar-refractivity contribution is 0.519. The van der Waals surface area contributed by atoms with Crippen LogP contribution in [-0.4, -0.2) is 45.9 Å². The summed E-state index contributed by atoms with van der Waals surface area (Å²) in [6.45, 7) is 3.73. The fourth-order valence-electron chi connectivity index (χ4n) is 3.38. The quantitative estimate of drug-likeness (QED) is 0.283. The molecule has 2 aromatic carbocycles. The van der Waals surface area contributed by atoms with Crippen molar-refractivity contribution in [1.82, 2.24) is 14.9 Å². The third-order valence-electron chi connectivity index (χ3n) is 5.37. The molecule has 31 heavy (non-hydrogen) atoms. The van der Waals surface area contributed by atoms with Crippen molar-refractivity contribution in [2.75, 3.05) is 27.2 Å². The Morgan fingerprint density at radius 2 is 1.84 bits per heavy atom. The van der Waals surface area contributed by atoms with Crippen molar-refractivity contribution in [3.05, 3.63) is 64.7 Å². The molecule has 0 amide bonds. The zero-order valence-electron chi connectivity index (χ0n) is 18.1. The van der Waals surface area contributed by atoms with Gasteiger partial charge in [-0.15, -0.1) is 24.0 Å². The first kappa shape index (κ1) is 25.9. The van der Waals surface area contributed by atoms with Gasteiger partial charge in [-0.05, 0) is 49.1 Å². The molecule has 9 heteroatoms. The van der Waals surface area contributed by atoms with Gasteiger partial charge in [-0.2, -0.15) is 0 Å². The monoisotopic (exact) mass is 576 g/mol. The maximum absolute atomic E-state index is 12.6. The van der Waals surface area contributed by atoms with Crippen LogP contribution in [0.1, 0.15) is 30.9 Å². The van der Waals surface area contributed by atoms with E-state index in [4.69, 9.17) is 11.6 Å². The molecule has 1 fully saturated rings. The summed E-state index contributed by atoms with van der Waals surface area (Å²) in [6.07, 6.45) is 2.20. The highest BCUT2D eigenvalue weighted by Gasteiger charge is 2.44. The van der Waals surface area contributed by atoms with Crippen molar-refractivity contribution >= 4 is 51.6 Å². The number of nitrogens with one attached hydrogen (secondary N) is 2. The van der Waals surface area contributed by atoms with Gasteiger partial charge in [0.05, 0.1) is 11.4 Å². The Labute approximate surface area is 207 Å². The van der Waals surface area contributed by atoms with Crippen LogP contribution in [0.3, 0.4) is 0 Å². The van der Waals surface area contributed by atoms with Gasteiger partial charge < -0.3 is 10.6 Å². The predicted molar refractivity (Wildman–Crippen MR) is 138 cm³/mol. The zero-order chi connectivity index (χ0) is 21.8. The number of halogens is 2. The SMILES string of the molecule is CCNC(=NCc1ccccc1S(=O)(=O)N(C)C)NCC1(c2cccc(Cl)c2)CC1.I. The lowest BCUT2D eigenvalue weighted by Gasteiger charge is -2.19. The van der Waals surface area contributed by atoms with Crippen LogP contribution in [0.2, 0.25) is 5.02 Å². The fraction of sp³-hybridized carbons (Fsp3) is 0.409. The van der Waals surface area contributed by atoms with Crippen molar-refractivity contribution in [3.8, 4) is 0 Å². The topological polar surface area (TPSA) is 73.8 Å². The Morgan fingerprint density at radius 1 is 1.13 bits per heavy atom. The largest absolute Gasteiger partial charge is 0.357 e. The highest BCUT2D eigenvalue weighted by atomic mass is 127. The van der Waals surface area contributed by atoms with Crippen molar-refractivity contribution in [1.29, 1.82) is 0 Å². The van der Waals surface area contributed by atoms with E-state index in [1.807, 2.05) is 31.2 Å². The first-order chi connectivity index (χ1) is 14.3. The Morgan fingerprint density at radius 3 is 2.45 bits per heavy atom. The highest BCUT2D eigenvalue weighted by Crippen LogP contribution is 2.48. The predicted octanol–water partition coefficient (Wildman–Crippen LogP) is 4.00. The molecule has 1 aliphatic carbocycles. The lowest BCUT2D eigenvalue weighted by Crippen LogP contribution is -2.41. The van der Waals surface area contributed by atoms with Gasteiger partial charge in [0.1, 0.15) is 0 Å². The molecule has 0 bridgehead atoms. The van der Waals surface area contributed by atoms with Gasteiger partial charge in [0.2, 0.25) is 10.0 Å². The Hall–Kier alpha value is -1.36. The molecule has 0 heterocycles. The molecular weight excluding hydrogens is 547 g/mol. The van der Waals surface area contributed by atoms with E-state index >= 15 is 0 Å². The minimum atomic E-state index is -3.52. The van der Waals surface area contributed by atoms with E-state index in [1.165, 1.54) is 24.0 Å². The summed E-state index contributed by atoms with van der Waals surface area (Å²) in [4.78, 5) is 4.93. The fourth-order valence-corrected chi connectivity index (χ4v) is 4.68. The van der Waals surface area contributed by atoms with Gasteiger partial charge in [0.15, 0.2) is 5.96 Å². The molecule has 1 aliphatic rings. The van der Waals surface area contributed by atoms with E-state index < -0.39 is 10.0 Å². The van der Waals surface area contributed by atoms with Gasteiger partial charge in [-0.25, -0.2) is 17.7 Å². The van der Waals surface area contributed by atoms with Crippen molar-refractivity contribution in [2.45, 2.75) is 36.6 Å². The molecule has 0 unspecified atom stereocenters. The molecule has 1 saturated carbocycles. The van der Waals surface area contributed by atoms with Crippen LogP contribution in [0, 0.1) is 0 Å². The summed E-state index contributed by atoms with van der Waals surface area (Å²) in [5.41, 5.74) is 1.98. The van der Waals surface area contributed by atoms with Gasteiger partial charge in [-0.3, -0.25) is 0 Å². The summed E-state index contributed by atoms with van der Waals surface area (Å²) >= 11 is 6.17. The Balaban J connectivity index is 0.00000341. The van der Waals surface area contributed by atoms with Crippen LogP contribution >= 0.6 is 35.6 Å². The third-order valence-corrected chi connectivity index (χ3v) is 7.52. The van der Waals surface area contributed by atoms with Gasteiger partial charge in [0.25, 0.3) is 0 Å². The molecule has 0 aliphatic heterocycles. The number of aliphatic imine (C=N–C) groups is 1. The summed E-state index contributed by atoms with van der Waals surface area (Å²) in [5, 5.41) is 7.43. The normalized spacial score (nSPS) is 15.3. The zero-order valence-corrected chi connectivity index (χ0v) is 22.0. The molecule has 0 radical (unpaired) electrons. The number of sulfonamides is 1. The number of benzene rings is 2. The second-order valence-corrected chi connectivity index (χ2v) is 10.3. The van der Waals surface area contributed by atoms with E-state index in [0.29, 0.717) is 18.1 Å². The molecule has 0 saturated heterocycles. The average molecular weight is 577 g/mol. The van der Waals surface area contributed by atoms with E-state index in [0.717, 1.165) is 24.4 Å². The van der Waals surface area contributed by atoms with Gasteiger partial charge >= 0.3 is 0 Å². The highest BCUT2D eigenvalue weighted by molar-refractivity contribution is 14.0.